The number of thioether (sulfide) groups is 1. The summed E-state index contributed by atoms with van der Waals surface area (Å²) in [5.41, 5.74) is 12.1. The van der Waals surface area contributed by atoms with Crippen molar-refractivity contribution in [3.05, 3.63) is 186 Å². The van der Waals surface area contributed by atoms with Gasteiger partial charge in [0, 0.05) is 23.3 Å². The molecule has 0 spiro atoms. The van der Waals surface area contributed by atoms with Gasteiger partial charge in [0.05, 0.1) is 0 Å². The lowest BCUT2D eigenvalue weighted by atomic mass is 9.85. The number of thiazole rings is 1. The first-order valence-corrected chi connectivity index (χ1v) is 19.3. The molecule has 4 heteroatoms. The summed E-state index contributed by atoms with van der Waals surface area (Å²) >= 11 is 3.48. The van der Waals surface area contributed by atoms with Gasteiger partial charge in [-0.15, -0.1) is 23.1 Å². The minimum Gasteiger partial charge on any atom is -0.375 e. The molecule has 0 saturated carbocycles. The van der Waals surface area contributed by atoms with Crippen molar-refractivity contribution in [3.63, 3.8) is 0 Å². The van der Waals surface area contributed by atoms with Crippen molar-refractivity contribution in [3.8, 4) is 55.1 Å². The molecule has 0 amide bonds. The minimum absolute atomic E-state index is 0.242. The Morgan fingerprint density at radius 3 is 1.56 bits per heavy atom. The topological polar surface area (TPSA) is 24.9 Å². The lowest BCUT2D eigenvalue weighted by Gasteiger charge is -2.18. The molecule has 52 heavy (non-hydrogen) atoms. The van der Waals surface area contributed by atoms with E-state index in [4.69, 9.17) is 0 Å². The predicted molar refractivity (Wildman–Crippen MR) is 224 cm³/mol. The summed E-state index contributed by atoms with van der Waals surface area (Å²) in [4.78, 5) is 4.58. The molecule has 1 aromatic heterocycles. The van der Waals surface area contributed by atoms with Crippen molar-refractivity contribution in [1.82, 2.24) is 10.3 Å². The zero-order valence-electron chi connectivity index (χ0n) is 28.2. The Bertz CT molecular complexity index is 2780. The van der Waals surface area contributed by atoms with Gasteiger partial charge in [0.2, 0.25) is 0 Å². The van der Waals surface area contributed by atoms with Gasteiger partial charge in [-0.05, 0) is 124 Å². The Balaban J connectivity index is 1.25. The Morgan fingerprint density at radius 2 is 0.981 bits per heavy atom. The highest BCUT2D eigenvalue weighted by Crippen LogP contribution is 2.44. The lowest BCUT2D eigenvalue weighted by molar-refractivity contribution is 0.863. The fourth-order valence-corrected chi connectivity index (χ4v) is 9.07. The van der Waals surface area contributed by atoms with Gasteiger partial charge in [0.1, 0.15) is 10.4 Å². The van der Waals surface area contributed by atoms with E-state index >= 15 is 0 Å². The van der Waals surface area contributed by atoms with Crippen molar-refractivity contribution in [2.24, 2.45) is 0 Å². The molecule has 1 unspecified atom stereocenters. The smallest absolute Gasteiger partial charge is 0.123 e. The molecule has 0 saturated heterocycles. The second-order valence-corrected chi connectivity index (χ2v) is 15.1. The maximum absolute atomic E-state index is 4.58. The van der Waals surface area contributed by atoms with E-state index in [2.05, 4.69) is 173 Å². The van der Waals surface area contributed by atoms with E-state index in [9.17, 15) is 0 Å². The molecule has 8 aromatic carbocycles. The van der Waals surface area contributed by atoms with Gasteiger partial charge in [0.15, 0.2) is 0 Å². The van der Waals surface area contributed by atoms with Crippen LogP contribution >= 0.6 is 23.1 Å². The lowest BCUT2D eigenvalue weighted by Crippen LogP contribution is -2.06. The Hall–Kier alpha value is -5.94. The van der Waals surface area contributed by atoms with Crippen LogP contribution in [0, 0.1) is 0 Å². The quantitative estimate of drug-likeness (QED) is 0.175. The van der Waals surface area contributed by atoms with Crippen molar-refractivity contribution < 1.29 is 0 Å². The van der Waals surface area contributed by atoms with Crippen LogP contribution in [0.1, 0.15) is 10.9 Å². The van der Waals surface area contributed by atoms with E-state index < -0.39 is 0 Å². The number of aromatic nitrogens is 1. The number of benzene rings is 8. The first-order chi connectivity index (χ1) is 25.8. The summed E-state index contributed by atoms with van der Waals surface area (Å²) in [5.74, 6) is 0. The molecule has 0 bridgehead atoms. The van der Waals surface area contributed by atoms with Gasteiger partial charge in [-0.3, -0.25) is 0 Å². The third kappa shape index (κ3) is 5.48. The average Bonchev–Trinajstić information content (AvgIpc) is 3.97. The fourth-order valence-electron chi connectivity index (χ4n) is 7.66. The number of fused-ring (bicyclic) bond motifs is 6. The van der Waals surface area contributed by atoms with Crippen molar-refractivity contribution >= 4 is 55.4 Å². The third-order valence-corrected chi connectivity index (χ3v) is 12.0. The van der Waals surface area contributed by atoms with Crippen LogP contribution in [-0.2, 0) is 0 Å². The standard InChI is InChI=1S/C48H32N2S2/c1-3-9-31(10-4-1)41-29-45-43-27-35(33-13-7-15-37(25-33)47-49-21-23-51-47)17-19-39(43)40-20-18-36(34-14-8-16-38(26-34)48-50-22-24-52-48)28-44(40)46(45)30-42(41)32-11-5-2-6-12-32/h1-30,47,49H. The summed E-state index contributed by atoms with van der Waals surface area (Å²) in [5, 5.41) is 16.5. The van der Waals surface area contributed by atoms with E-state index in [1.54, 1.807) is 11.3 Å². The summed E-state index contributed by atoms with van der Waals surface area (Å²) in [6.45, 7) is 0. The van der Waals surface area contributed by atoms with E-state index in [0.717, 1.165) is 10.6 Å². The molecular weight excluding hydrogens is 669 g/mol. The number of nitrogens with one attached hydrogen (secondary N) is 1. The molecule has 9 aromatic rings. The summed E-state index contributed by atoms with van der Waals surface area (Å²) in [6.07, 6.45) is 3.91. The first-order valence-electron chi connectivity index (χ1n) is 17.5. The summed E-state index contributed by atoms with van der Waals surface area (Å²) in [6, 6.07) is 58.3. The molecule has 10 rings (SSSR count). The van der Waals surface area contributed by atoms with Crippen LogP contribution in [0.4, 0.5) is 0 Å². The zero-order valence-corrected chi connectivity index (χ0v) is 29.8. The monoisotopic (exact) mass is 700 g/mol. The highest BCUT2D eigenvalue weighted by Gasteiger charge is 2.18. The van der Waals surface area contributed by atoms with Crippen LogP contribution in [-0.4, -0.2) is 4.98 Å². The van der Waals surface area contributed by atoms with Gasteiger partial charge in [-0.2, -0.15) is 0 Å². The number of rotatable bonds is 6. The van der Waals surface area contributed by atoms with E-state index in [1.807, 2.05) is 29.5 Å². The fraction of sp³-hybridized carbons (Fsp3) is 0.0208. The second kappa shape index (κ2) is 13.0. The van der Waals surface area contributed by atoms with Gasteiger partial charge in [0.25, 0.3) is 0 Å². The Morgan fingerprint density at radius 1 is 0.442 bits per heavy atom. The molecule has 1 atom stereocenters. The molecule has 2 heterocycles. The molecular formula is C48H32N2S2. The van der Waals surface area contributed by atoms with Crippen LogP contribution in [0.15, 0.2) is 181 Å². The highest BCUT2D eigenvalue weighted by molar-refractivity contribution is 8.02. The number of hydrogen-bond donors (Lipinski definition) is 1. The molecule has 0 fully saturated rings. The van der Waals surface area contributed by atoms with Crippen molar-refractivity contribution in [2.75, 3.05) is 0 Å². The van der Waals surface area contributed by atoms with Crippen LogP contribution < -0.4 is 5.32 Å². The Kier molecular flexibility index (Phi) is 7.71. The van der Waals surface area contributed by atoms with Crippen LogP contribution in [0.5, 0.6) is 0 Å². The van der Waals surface area contributed by atoms with Crippen LogP contribution in [0.3, 0.4) is 0 Å². The van der Waals surface area contributed by atoms with E-state index in [-0.39, 0.29) is 5.37 Å². The summed E-state index contributed by atoms with van der Waals surface area (Å²) < 4.78 is 0. The maximum atomic E-state index is 4.58. The average molecular weight is 701 g/mol. The molecule has 1 aliphatic heterocycles. The molecule has 0 radical (unpaired) electrons. The largest absolute Gasteiger partial charge is 0.375 e. The SMILES string of the molecule is C1=CSC(c2cccc(-c3ccc4c5ccc(-c6cccc(-c7nccs7)c6)cc5c5cc(-c6ccccc6)c(-c6ccccc6)cc5c4c3)c2)N1. The third-order valence-electron chi connectivity index (χ3n) is 10.2. The summed E-state index contributed by atoms with van der Waals surface area (Å²) in [7, 11) is 0. The molecule has 246 valence electrons. The van der Waals surface area contributed by atoms with Gasteiger partial charge >= 0.3 is 0 Å². The minimum atomic E-state index is 0.242. The van der Waals surface area contributed by atoms with E-state index in [0.29, 0.717) is 0 Å². The predicted octanol–water partition coefficient (Wildman–Crippen LogP) is 13.7. The molecule has 0 aliphatic carbocycles. The van der Waals surface area contributed by atoms with Crippen molar-refractivity contribution in [1.29, 1.82) is 0 Å². The highest BCUT2D eigenvalue weighted by atomic mass is 32.2. The van der Waals surface area contributed by atoms with Crippen molar-refractivity contribution in [2.45, 2.75) is 5.37 Å². The second-order valence-electron chi connectivity index (χ2n) is 13.2. The van der Waals surface area contributed by atoms with Gasteiger partial charge < -0.3 is 5.32 Å². The van der Waals surface area contributed by atoms with Crippen LogP contribution in [0.2, 0.25) is 0 Å². The Labute approximate surface area is 311 Å². The molecule has 2 nitrogen and oxygen atoms in total. The normalized spacial score (nSPS) is 14.0. The first kappa shape index (κ1) is 30.8. The van der Waals surface area contributed by atoms with Crippen LogP contribution in [0.25, 0.3) is 87.4 Å². The van der Waals surface area contributed by atoms with Gasteiger partial charge in [-0.1, -0.05) is 121 Å². The van der Waals surface area contributed by atoms with Gasteiger partial charge in [-0.25, -0.2) is 4.98 Å². The van der Waals surface area contributed by atoms with E-state index in [1.165, 1.54) is 82.4 Å². The molecule has 1 aliphatic rings. The maximum Gasteiger partial charge on any atom is 0.123 e. The molecule has 1 N–H and O–H groups in total. The number of nitrogens with zero attached hydrogens (tertiary/aromatic N) is 1. The number of hydrogen-bond acceptors (Lipinski definition) is 4. The zero-order chi connectivity index (χ0) is 34.4.